The Balaban J connectivity index is 1.62. The predicted molar refractivity (Wildman–Crippen MR) is 119 cm³/mol. The molecule has 8 nitrogen and oxygen atoms in total. The van der Waals surface area contributed by atoms with E-state index in [1.807, 2.05) is 0 Å². The molecule has 31 heavy (non-hydrogen) atoms. The van der Waals surface area contributed by atoms with Crippen molar-refractivity contribution in [3.63, 3.8) is 0 Å². The second kappa shape index (κ2) is 9.70. The van der Waals surface area contributed by atoms with Crippen LogP contribution in [-0.2, 0) is 14.3 Å². The molecule has 164 valence electrons. The van der Waals surface area contributed by atoms with Gasteiger partial charge >= 0.3 is 5.97 Å². The van der Waals surface area contributed by atoms with Crippen molar-refractivity contribution < 1.29 is 19.1 Å². The van der Waals surface area contributed by atoms with Crippen LogP contribution in [0.25, 0.3) is 0 Å². The highest BCUT2D eigenvalue weighted by Crippen LogP contribution is 2.29. The lowest BCUT2D eigenvalue weighted by Crippen LogP contribution is -2.58. The first-order chi connectivity index (χ1) is 14.9. The first kappa shape index (κ1) is 22.4. The molecule has 0 saturated heterocycles. The number of likely N-dealkylation sites (N-methyl/N-ethyl adjacent to an activating group) is 1. The molecule has 1 aromatic carbocycles. The molecule has 2 amide bonds. The summed E-state index contributed by atoms with van der Waals surface area (Å²) in [7, 11) is 0. The molecule has 2 aliphatic heterocycles. The fourth-order valence-corrected chi connectivity index (χ4v) is 3.53. The molecule has 0 fully saturated rings. The molecule has 0 spiro atoms. The number of ether oxygens (including phenoxy) is 1. The van der Waals surface area contributed by atoms with E-state index in [9.17, 15) is 14.4 Å². The molecule has 1 N–H and O–H groups in total. The summed E-state index contributed by atoms with van der Waals surface area (Å²) < 4.78 is 5.33. The summed E-state index contributed by atoms with van der Waals surface area (Å²) in [6.45, 7) is 8.66. The normalized spacial score (nSPS) is 19.8. The number of nitrogens with zero attached hydrogens (tertiary/aromatic N) is 3. The third-order valence-electron chi connectivity index (χ3n) is 5.51. The molecule has 1 aromatic rings. The van der Waals surface area contributed by atoms with Crippen LogP contribution in [0.15, 0.2) is 53.7 Å². The van der Waals surface area contributed by atoms with Gasteiger partial charge in [0.2, 0.25) is 0 Å². The van der Waals surface area contributed by atoms with E-state index in [-0.39, 0.29) is 18.2 Å². The highest BCUT2D eigenvalue weighted by Gasteiger charge is 2.45. The molecule has 8 heteroatoms. The van der Waals surface area contributed by atoms with Gasteiger partial charge in [-0.25, -0.2) is 4.79 Å². The number of hydrogen-bond donors (Lipinski definition) is 1. The number of amidine groups is 1. The van der Waals surface area contributed by atoms with Crippen molar-refractivity contribution in [3.8, 4) is 0 Å². The number of esters is 1. The molecule has 1 unspecified atom stereocenters. The van der Waals surface area contributed by atoms with Crippen molar-refractivity contribution in [2.24, 2.45) is 4.99 Å². The van der Waals surface area contributed by atoms with E-state index in [0.29, 0.717) is 30.2 Å². The van der Waals surface area contributed by atoms with Crippen LogP contribution in [0.4, 0.5) is 5.69 Å². The van der Waals surface area contributed by atoms with Crippen molar-refractivity contribution in [1.29, 1.82) is 0 Å². The van der Waals surface area contributed by atoms with Crippen molar-refractivity contribution in [2.75, 3.05) is 31.6 Å². The average molecular weight is 425 g/mol. The lowest BCUT2D eigenvalue weighted by atomic mass is 9.91. The number of benzene rings is 1. The Labute approximate surface area is 182 Å². The summed E-state index contributed by atoms with van der Waals surface area (Å²) >= 11 is 0. The van der Waals surface area contributed by atoms with E-state index in [1.54, 1.807) is 60.5 Å². The molecule has 1 atom stereocenters. The van der Waals surface area contributed by atoms with Crippen molar-refractivity contribution >= 4 is 29.3 Å². The number of allylic oxidation sites excluding steroid dienone is 2. The number of anilines is 1. The van der Waals surface area contributed by atoms with Gasteiger partial charge < -0.3 is 19.9 Å². The number of fused-ring (bicyclic) bond motifs is 1. The Hall–Kier alpha value is -3.26. The van der Waals surface area contributed by atoms with Crippen LogP contribution in [-0.4, -0.2) is 65.2 Å². The van der Waals surface area contributed by atoms with Crippen molar-refractivity contribution in [2.45, 2.75) is 32.7 Å². The fraction of sp³-hybridized carbons (Fsp3) is 0.391. The molecule has 0 aliphatic carbocycles. The van der Waals surface area contributed by atoms with Gasteiger partial charge in [0.05, 0.1) is 12.0 Å². The molecule has 3 rings (SSSR count). The minimum absolute atomic E-state index is 0.0303. The third kappa shape index (κ3) is 5.08. The SMILES string of the molecule is CCN(CC)CCOC(=O)c1ccc(NC(=O)C2(C)CC(=O)N=C3C=CC=CN32)cc1. The van der Waals surface area contributed by atoms with E-state index >= 15 is 0 Å². The molecule has 0 saturated carbocycles. The van der Waals surface area contributed by atoms with E-state index in [2.05, 4.69) is 29.1 Å². The second-order valence-electron chi connectivity index (χ2n) is 7.58. The van der Waals surface area contributed by atoms with Gasteiger partial charge in [-0.15, -0.1) is 0 Å². The molecular weight excluding hydrogens is 396 g/mol. The Morgan fingerprint density at radius 1 is 1.19 bits per heavy atom. The van der Waals surface area contributed by atoms with E-state index in [4.69, 9.17) is 4.74 Å². The number of nitrogens with one attached hydrogen (secondary N) is 1. The number of hydrogen-bond acceptors (Lipinski definition) is 6. The lowest BCUT2D eigenvalue weighted by Gasteiger charge is -2.41. The van der Waals surface area contributed by atoms with Crippen LogP contribution in [0.3, 0.4) is 0 Å². The monoisotopic (exact) mass is 424 g/mol. The molecule has 0 bridgehead atoms. The van der Waals surface area contributed by atoms with Gasteiger partial charge in [-0.1, -0.05) is 19.9 Å². The number of rotatable bonds is 8. The summed E-state index contributed by atoms with van der Waals surface area (Å²) in [6.07, 6.45) is 6.97. The number of aliphatic imine (C=N–C) groups is 1. The minimum atomic E-state index is -1.10. The summed E-state index contributed by atoms with van der Waals surface area (Å²) in [5.74, 6) is -0.630. The third-order valence-corrected chi connectivity index (χ3v) is 5.51. The lowest BCUT2D eigenvalue weighted by molar-refractivity contribution is -0.130. The van der Waals surface area contributed by atoms with E-state index in [0.717, 1.165) is 13.1 Å². The largest absolute Gasteiger partial charge is 0.461 e. The van der Waals surface area contributed by atoms with Gasteiger partial charge in [0.15, 0.2) is 0 Å². The van der Waals surface area contributed by atoms with Crippen molar-refractivity contribution in [1.82, 2.24) is 9.80 Å². The van der Waals surface area contributed by atoms with Gasteiger partial charge in [0, 0.05) is 18.4 Å². The van der Waals surface area contributed by atoms with Crippen molar-refractivity contribution in [3.05, 3.63) is 54.3 Å². The van der Waals surface area contributed by atoms with Gasteiger partial charge in [0.25, 0.3) is 11.8 Å². The zero-order chi connectivity index (χ0) is 22.4. The smallest absolute Gasteiger partial charge is 0.338 e. The topological polar surface area (TPSA) is 91.3 Å². The van der Waals surface area contributed by atoms with E-state index in [1.165, 1.54) is 0 Å². The quantitative estimate of drug-likeness (QED) is 0.645. The first-order valence-corrected chi connectivity index (χ1v) is 10.4. The Kier molecular flexibility index (Phi) is 7.02. The van der Waals surface area contributed by atoms with Gasteiger partial charge in [-0.05, 0) is 56.4 Å². The molecule has 2 heterocycles. The van der Waals surface area contributed by atoms with E-state index < -0.39 is 11.5 Å². The maximum Gasteiger partial charge on any atom is 0.338 e. The molecule has 2 aliphatic rings. The van der Waals surface area contributed by atoms with Crippen LogP contribution in [0.1, 0.15) is 37.6 Å². The standard InChI is InChI=1S/C23H28N4O4/c1-4-26(5-2)14-15-31-21(29)17-9-11-18(12-10-17)24-22(30)23(3)16-20(28)25-19-8-6-7-13-27(19)23/h6-13H,4-5,14-16H2,1-3H3,(H,24,30). The Morgan fingerprint density at radius 2 is 1.90 bits per heavy atom. The van der Waals surface area contributed by atoms with Crippen LogP contribution in [0.2, 0.25) is 0 Å². The highest BCUT2D eigenvalue weighted by atomic mass is 16.5. The van der Waals surface area contributed by atoms with Crippen LogP contribution < -0.4 is 5.32 Å². The van der Waals surface area contributed by atoms with Gasteiger partial charge in [-0.3, -0.25) is 9.59 Å². The molecule has 0 aromatic heterocycles. The zero-order valence-electron chi connectivity index (χ0n) is 18.1. The van der Waals surface area contributed by atoms with Gasteiger partial charge in [-0.2, -0.15) is 4.99 Å². The number of amides is 2. The summed E-state index contributed by atoms with van der Waals surface area (Å²) in [5.41, 5.74) is -0.161. The van der Waals surface area contributed by atoms with Crippen LogP contribution >= 0.6 is 0 Å². The number of carbonyl (C=O) groups is 3. The molecule has 0 radical (unpaired) electrons. The summed E-state index contributed by atoms with van der Waals surface area (Å²) in [5, 5.41) is 2.84. The first-order valence-electron chi connectivity index (χ1n) is 10.4. The Morgan fingerprint density at radius 3 is 2.58 bits per heavy atom. The second-order valence-corrected chi connectivity index (χ2v) is 7.58. The fourth-order valence-electron chi connectivity index (χ4n) is 3.53. The number of carbonyl (C=O) groups excluding carboxylic acids is 3. The zero-order valence-corrected chi connectivity index (χ0v) is 18.1. The van der Waals surface area contributed by atoms with Crippen LogP contribution in [0, 0.1) is 0 Å². The minimum Gasteiger partial charge on any atom is -0.461 e. The predicted octanol–water partition coefficient (Wildman–Crippen LogP) is 2.60. The maximum absolute atomic E-state index is 13.1. The highest BCUT2D eigenvalue weighted by molar-refractivity contribution is 6.12. The Bertz CT molecular complexity index is 931. The maximum atomic E-state index is 13.1. The average Bonchev–Trinajstić information content (AvgIpc) is 2.77. The van der Waals surface area contributed by atoms with Gasteiger partial charge in [0.1, 0.15) is 18.0 Å². The molecular formula is C23H28N4O4. The summed E-state index contributed by atoms with van der Waals surface area (Å²) in [4.78, 5) is 45.2. The summed E-state index contributed by atoms with van der Waals surface area (Å²) in [6, 6.07) is 6.52. The van der Waals surface area contributed by atoms with Crippen LogP contribution in [0.5, 0.6) is 0 Å².